The Kier molecular flexibility index (Phi) is 7.55. The highest BCUT2D eigenvalue weighted by atomic mass is 32.2. The molecule has 1 N–H and O–H groups in total. The normalized spacial score (nSPS) is 21.0. The number of nitrogens with one attached hydrogen (secondary N) is 1. The fraction of sp³-hybridized carbons (Fsp3) is 0.571. The Morgan fingerprint density at radius 3 is 2.62 bits per heavy atom. The van der Waals surface area contributed by atoms with Crippen LogP contribution in [0.4, 0.5) is 0 Å². The number of rotatable bonds is 8. The van der Waals surface area contributed by atoms with Crippen molar-refractivity contribution in [2.75, 3.05) is 32.5 Å². The van der Waals surface area contributed by atoms with Crippen LogP contribution in [0.5, 0.6) is 5.75 Å². The maximum Gasteiger partial charge on any atom is 0.277 e. The van der Waals surface area contributed by atoms with Crippen molar-refractivity contribution in [1.29, 1.82) is 0 Å². The minimum atomic E-state index is -0.0233. The Balaban J connectivity index is 1.44. The summed E-state index contributed by atoms with van der Waals surface area (Å²) in [5.41, 5.74) is 0.813. The van der Waals surface area contributed by atoms with Crippen molar-refractivity contribution in [1.82, 2.24) is 20.4 Å². The van der Waals surface area contributed by atoms with E-state index in [2.05, 4.69) is 41.2 Å². The number of carbonyl (C=O) groups excluding carboxylic acids is 1. The van der Waals surface area contributed by atoms with E-state index in [0.29, 0.717) is 11.1 Å². The van der Waals surface area contributed by atoms with Gasteiger partial charge in [-0.3, -0.25) is 4.79 Å². The number of hydrogen-bond donors (Lipinski definition) is 1. The molecule has 158 valence electrons. The number of ether oxygens (including phenoxy) is 1. The molecule has 1 fully saturated rings. The van der Waals surface area contributed by atoms with Gasteiger partial charge in [0.15, 0.2) is 0 Å². The molecule has 0 bridgehead atoms. The van der Waals surface area contributed by atoms with E-state index < -0.39 is 0 Å². The molecule has 8 heteroatoms. The van der Waals surface area contributed by atoms with Crippen LogP contribution < -0.4 is 10.1 Å². The van der Waals surface area contributed by atoms with E-state index in [1.807, 2.05) is 24.3 Å². The lowest BCUT2D eigenvalue weighted by atomic mass is 9.92. The van der Waals surface area contributed by atoms with Crippen LogP contribution in [0.25, 0.3) is 11.5 Å². The zero-order chi connectivity index (χ0) is 20.8. The first-order chi connectivity index (χ1) is 13.9. The molecule has 1 aromatic heterocycles. The third-order valence-electron chi connectivity index (χ3n) is 4.95. The minimum absolute atomic E-state index is 0.0233. The molecule has 1 aromatic carbocycles. The predicted octanol–water partition coefficient (Wildman–Crippen LogP) is 3.32. The zero-order valence-electron chi connectivity index (χ0n) is 17.6. The average Bonchev–Trinajstić information content (AvgIpc) is 3.14. The largest absolute Gasteiger partial charge is 0.497 e. The Morgan fingerprint density at radius 2 is 1.97 bits per heavy atom. The predicted molar refractivity (Wildman–Crippen MR) is 114 cm³/mol. The second kappa shape index (κ2) is 10.1. The van der Waals surface area contributed by atoms with Gasteiger partial charge in [-0.1, -0.05) is 25.6 Å². The van der Waals surface area contributed by atoms with Crippen molar-refractivity contribution in [3.63, 3.8) is 0 Å². The number of hydrogen-bond acceptors (Lipinski definition) is 7. The summed E-state index contributed by atoms with van der Waals surface area (Å²) in [6, 6.07) is 7.50. The third kappa shape index (κ3) is 6.47. The van der Waals surface area contributed by atoms with Gasteiger partial charge in [0.25, 0.3) is 5.22 Å². The highest BCUT2D eigenvalue weighted by Gasteiger charge is 2.23. The van der Waals surface area contributed by atoms with E-state index in [0.717, 1.165) is 42.8 Å². The van der Waals surface area contributed by atoms with Crippen LogP contribution in [0, 0.1) is 11.8 Å². The molecule has 3 atom stereocenters. The van der Waals surface area contributed by atoms with E-state index >= 15 is 0 Å². The van der Waals surface area contributed by atoms with Gasteiger partial charge in [-0.25, -0.2) is 0 Å². The maximum atomic E-state index is 12.3. The summed E-state index contributed by atoms with van der Waals surface area (Å²) in [7, 11) is 1.62. The smallest absolute Gasteiger partial charge is 0.277 e. The van der Waals surface area contributed by atoms with Crippen molar-refractivity contribution in [3.8, 4) is 17.2 Å². The fourth-order valence-electron chi connectivity index (χ4n) is 3.94. The molecule has 0 saturated carbocycles. The van der Waals surface area contributed by atoms with Gasteiger partial charge in [-0.05, 0) is 49.4 Å². The van der Waals surface area contributed by atoms with Crippen LogP contribution in [0.3, 0.4) is 0 Å². The highest BCUT2D eigenvalue weighted by molar-refractivity contribution is 7.99. The topological polar surface area (TPSA) is 80.5 Å². The monoisotopic (exact) mass is 418 g/mol. The minimum Gasteiger partial charge on any atom is -0.497 e. The van der Waals surface area contributed by atoms with Crippen LogP contribution in [0.2, 0.25) is 0 Å². The summed E-state index contributed by atoms with van der Waals surface area (Å²) in [6.45, 7) is 9.75. The second-order valence-electron chi connectivity index (χ2n) is 8.02. The van der Waals surface area contributed by atoms with Gasteiger partial charge in [-0.2, -0.15) is 0 Å². The van der Waals surface area contributed by atoms with Crippen molar-refractivity contribution < 1.29 is 13.9 Å². The third-order valence-corrected chi connectivity index (χ3v) is 5.77. The van der Waals surface area contributed by atoms with Crippen LogP contribution in [-0.4, -0.2) is 59.5 Å². The van der Waals surface area contributed by atoms with Crippen LogP contribution in [0.1, 0.15) is 27.2 Å². The number of carbonyl (C=O) groups is 1. The summed E-state index contributed by atoms with van der Waals surface area (Å²) in [6.07, 6.45) is 1.29. The quantitative estimate of drug-likeness (QED) is 0.659. The molecule has 0 aliphatic carbocycles. The number of thioether (sulfide) groups is 1. The van der Waals surface area contributed by atoms with E-state index in [4.69, 9.17) is 9.15 Å². The molecule has 0 radical (unpaired) electrons. The standard InChI is InChI=1S/C21H30N4O3S/c1-14-9-15(2)11-25(10-14)12-16(3)22-19(26)13-29-21-24-23-20(28-21)17-5-7-18(27-4)8-6-17/h5-8,14-16H,9-13H2,1-4H3,(H,22,26). The summed E-state index contributed by atoms with van der Waals surface area (Å²) in [5, 5.41) is 11.5. The molecule has 1 saturated heterocycles. The van der Waals surface area contributed by atoms with Gasteiger partial charge in [0, 0.05) is 31.2 Å². The second-order valence-corrected chi connectivity index (χ2v) is 8.95. The van der Waals surface area contributed by atoms with Crippen molar-refractivity contribution in [2.24, 2.45) is 11.8 Å². The molecular formula is C21H30N4O3S. The first-order valence-electron chi connectivity index (χ1n) is 10.1. The average molecular weight is 419 g/mol. The van der Waals surface area contributed by atoms with E-state index in [1.54, 1.807) is 7.11 Å². The molecule has 0 spiro atoms. The van der Waals surface area contributed by atoms with Crippen LogP contribution >= 0.6 is 11.8 Å². The lowest BCUT2D eigenvalue weighted by Gasteiger charge is -2.36. The number of likely N-dealkylation sites (tertiary alicyclic amines) is 1. The molecule has 2 heterocycles. The van der Waals surface area contributed by atoms with E-state index in [9.17, 15) is 4.79 Å². The summed E-state index contributed by atoms with van der Waals surface area (Å²) >= 11 is 1.25. The van der Waals surface area contributed by atoms with Crippen molar-refractivity contribution >= 4 is 17.7 Å². The maximum absolute atomic E-state index is 12.3. The Morgan fingerprint density at radius 1 is 1.28 bits per heavy atom. The number of amides is 1. The summed E-state index contributed by atoms with van der Waals surface area (Å²) < 4.78 is 10.8. The number of benzene rings is 1. The number of nitrogens with zero attached hydrogens (tertiary/aromatic N) is 3. The van der Waals surface area contributed by atoms with Gasteiger partial charge in [0.2, 0.25) is 11.8 Å². The molecule has 1 aliphatic heterocycles. The zero-order valence-corrected chi connectivity index (χ0v) is 18.4. The first-order valence-corrected chi connectivity index (χ1v) is 11.0. The van der Waals surface area contributed by atoms with Crippen molar-refractivity contribution in [3.05, 3.63) is 24.3 Å². The molecule has 3 unspecified atom stereocenters. The lowest BCUT2D eigenvalue weighted by Crippen LogP contribution is -2.47. The van der Waals surface area contributed by atoms with Gasteiger partial charge in [0.05, 0.1) is 12.9 Å². The highest BCUT2D eigenvalue weighted by Crippen LogP contribution is 2.25. The molecule has 1 aliphatic rings. The summed E-state index contributed by atoms with van der Waals surface area (Å²) in [5.74, 6) is 2.86. The van der Waals surface area contributed by atoms with Crippen LogP contribution in [0.15, 0.2) is 33.9 Å². The molecule has 2 aromatic rings. The SMILES string of the molecule is COc1ccc(-c2nnc(SCC(=O)NC(C)CN3CC(C)CC(C)C3)o2)cc1. The van der Waals surface area contributed by atoms with Gasteiger partial charge >= 0.3 is 0 Å². The molecule has 29 heavy (non-hydrogen) atoms. The molecule has 7 nitrogen and oxygen atoms in total. The van der Waals surface area contributed by atoms with Gasteiger partial charge in [0.1, 0.15) is 5.75 Å². The van der Waals surface area contributed by atoms with Gasteiger partial charge < -0.3 is 19.4 Å². The lowest BCUT2D eigenvalue weighted by molar-refractivity contribution is -0.119. The summed E-state index contributed by atoms with van der Waals surface area (Å²) in [4.78, 5) is 14.7. The Hall–Kier alpha value is -2.06. The van der Waals surface area contributed by atoms with Crippen LogP contribution in [-0.2, 0) is 4.79 Å². The van der Waals surface area contributed by atoms with E-state index in [-0.39, 0.29) is 17.7 Å². The van der Waals surface area contributed by atoms with E-state index in [1.165, 1.54) is 18.2 Å². The molecule has 3 rings (SSSR count). The number of piperidine rings is 1. The Labute approximate surface area is 176 Å². The molecular weight excluding hydrogens is 388 g/mol. The Bertz CT molecular complexity index is 785. The molecule has 1 amide bonds. The number of aromatic nitrogens is 2. The van der Waals surface area contributed by atoms with Crippen molar-refractivity contribution in [2.45, 2.75) is 38.5 Å². The van der Waals surface area contributed by atoms with Gasteiger partial charge in [-0.15, -0.1) is 10.2 Å². The first kappa shape index (κ1) is 21.6. The fourth-order valence-corrected chi connectivity index (χ4v) is 4.51. The number of methoxy groups -OCH3 is 1.